The van der Waals surface area contributed by atoms with Crippen molar-refractivity contribution in [2.75, 3.05) is 38.5 Å². The van der Waals surface area contributed by atoms with Gasteiger partial charge in [0.2, 0.25) is 0 Å². The summed E-state index contributed by atoms with van der Waals surface area (Å²) < 4.78 is 0. The Morgan fingerprint density at radius 2 is 1.88 bits per heavy atom. The first-order chi connectivity index (χ1) is 12.0. The van der Waals surface area contributed by atoms with E-state index in [1.807, 2.05) is 12.1 Å². The predicted molar refractivity (Wildman–Crippen MR) is 95.5 cm³/mol. The van der Waals surface area contributed by atoms with E-state index in [2.05, 4.69) is 11.0 Å². The summed E-state index contributed by atoms with van der Waals surface area (Å²) in [5.74, 6) is 1.36. The molecule has 0 aliphatic carbocycles. The molecule has 1 aromatic rings. The molecule has 2 saturated heterocycles. The van der Waals surface area contributed by atoms with E-state index in [1.54, 1.807) is 23.9 Å². The van der Waals surface area contributed by atoms with Gasteiger partial charge in [-0.3, -0.25) is 0 Å². The van der Waals surface area contributed by atoms with E-state index in [4.69, 9.17) is 10.4 Å². The maximum Gasteiger partial charge on any atom is 0.407 e. The number of benzene rings is 1. The Morgan fingerprint density at radius 3 is 2.44 bits per heavy atom. The van der Waals surface area contributed by atoms with Gasteiger partial charge in [0.1, 0.15) is 0 Å². The number of piperidine rings is 2. The molecular formula is C18H23N3O3S. The van der Waals surface area contributed by atoms with E-state index in [1.165, 1.54) is 4.90 Å². The fourth-order valence-corrected chi connectivity index (χ4v) is 4.68. The van der Waals surface area contributed by atoms with Crippen LogP contribution < -0.4 is 0 Å². The van der Waals surface area contributed by atoms with E-state index in [0.29, 0.717) is 42.8 Å². The van der Waals surface area contributed by atoms with Gasteiger partial charge in [0.05, 0.1) is 17.7 Å². The van der Waals surface area contributed by atoms with Crippen LogP contribution in [0.4, 0.5) is 4.79 Å². The average Bonchev–Trinajstić information content (AvgIpc) is 2.59. The highest BCUT2D eigenvalue weighted by Crippen LogP contribution is 2.29. The molecule has 3 unspecified atom stereocenters. The summed E-state index contributed by atoms with van der Waals surface area (Å²) in [4.78, 5) is 16.0. The number of aliphatic hydroxyl groups excluding tert-OH is 1. The predicted octanol–water partition coefficient (Wildman–Crippen LogP) is 1.94. The van der Waals surface area contributed by atoms with Crippen molar-refractivity contribution >= 4 is 17.9 Å². The first-order valence-electron chi connectivity index (χ1n) is 8.54. The molecule has 1 amide bonds. The summed E-state index contributed by atoms with van der Waals surface area (Å²) in [6, 6.07) is 9.48. The molecule has 2 bridgehead atoms. The maximum absolute atomic E-state index is 11.2. The number of carbonyl (C=O) groups is 1. The highest BCUT2D eigenvalue weighted by molar-refractivity contribution is 7.99. The quantitative estimate of drug-likeness (QED) is 0.780. The van der Waals surface area contributed by atoms with Gasteiger partial charge in [0.25, 0.3) is 0 Å². The van der Waals surface area contributed by atoms with Crippen molar-refractivity contribution in [1.29, 1.82) is 5.26 Å². The molecule has 0 aromatic heterocycles. The number of carboxylic acid groups (broad SMARTS) is 1. The van der Waals surface area contributed by atoms with Crippen molar-refractivity contribution in [2.45, 2.75) is 17.4 Å². The van der Waals surface area contributed by atoms with Gasteiger partial charge in [0.15, 0.2) is 0 Å². The van der Waals surface area contributed by atoms with Crippen molar-refractivity contribution in [3.63, 3.8) is 0 Å². The normalized spacial score (nSPS) is 24.6. The molecule has 2 N–H and O–H groups in total. The van der Waals surface area contributed by atoms with E-state index < -0.39 is 12.2 Å². The molecule has 0 radical (unpaired) electrons. The third-order valence-electron chi connectivity index (χ3n) is 4.82. The van der Waals surface area contributed by atoms with Crippen LogP contribution in [0.5, 0.6) is 0 Å². The summed E-state index contributed by atoms with van der Waals surface area (Å²) in [5.41, 5.74) is 0.639. The van der Waals surface area contributed by atoms with Gasteiger partial charge >= 0.3 is 6.09 Å². The fraction of sp³-hybridized carbons (Fsp3) is 0.556. The van der Waals surface area contributed by atoms with Crippen molar-refractivity contribution in [1.82, 2.24) is 9.80 Å². The van der Waals surface area contributed by atoms with Gasteiger partial charge in [-0.25, -0.2) is 4.79 Å². The molecular weight excluding hydrogens is 338 g/mol. The van der Waals surface area contributed by atoms with Crippen LogP contribution in [0.1, 0.15) is 12.0 Å². The molecule has 1 aromatic carbocycles. The monoisotopic (exact) mass is 361 g/mol. The van der Waals surface area contributed by atoms with Crippen LogP contribution in [-0.4, -0.2) is 70.7 Å². The van der Waals surface area contributed by atoms with Crippen LogP contribution in [0, 0.1) is 23.2 Å². The van der Waals surface area contributed by atoms with Gasteiger partial charge in [-0.15, -0.1) is 11.8 Å². The molecule has 2 fully saturated rings. The average molecular weight is 361 g/mol. The molecule has 2 aliphatic rings. The van der Waals surface area contributed by atoms with Crippen molar-refractivity contribution in [3.05, 3.63) is 29.8 Å². The maximum atomic E-state index is 11.2. The lowest BCUT2D eigenvalue weighted by Crippen LogP contribution is -2.55. The fourth-order valence-electron chi connectivity index (χ4n) is 3.86. The highest BCUT2D eigenvalue weighted by atomic mass is 32.2. The largest absolute Gasteiger partial charge is 0.465 e. The zero-order valence-corrected chi connectivity index (χ0v) is 14.9. The molecule has 7 heteroatoms. The number of β-amino-alcohol motifs (C(OH)–C–C–N with tert-alkyl or cyclic N) is 1. The zero-order chi connectivity index (χ0) is 17.8. The number of hydrogen-bond donors (Lipinski definition) is 2. The Bertz CT molecular complexity index is 632. The lowest BCUT2D eigenvalue weighted by atomic mass is 9.85. The summed E-state index contributed by atoms with van der Waals surface area (Å²) in [7, 11) is 0. The smallest absolute Gasteiger partial charge is 0.407 e. The zero-order valence-electron chi connectivity index (χ0n) is 14.0. The number of rotatable bonds is 5. The molecule has 134 valence electrons. The second kappa shape index (κ2) is 8.09. The summed E-state index contributed by atoms with van der Waals surface area (Å²) in [5, 5.41) is 28.3. The Kier molecular flexibility index (Phi) is 5.84. The second-order valence-corrected chi connectivity index (χ2v) is 8.07. The van der Waals surface area contributed by atoms with Crippen LogP contribution >= 0.6 is 11.8 Å². The van der Waals surface area contributed by atoms with Gasteiger partial charge in [-0.05, 0) is 42.5 Å². The van der Waals surface area contributed by atoms with Crippen LogP contribution in [0.2, 0.25) is 0 Å². The number of hydrogen-bond acceptors (Lipinski definition) is 5. The summed E-state index contributed by atoms with van der Waals surface area (Å²) >= 11 is 1.59. The Balaban J connectivity index is 1.45. The standard InChI is InChI=1S/C18H23N3O3S/c19-6-13-1-3-17(4-2-13)25-12-16(22)11-20-7-14-5-15(8-20)10-21(9-14)18(23)24/h1-4,14-16,22H,5,7-12H2,(H,23,24). The van der Waals surface area contributed by atoms with Gasteiger partial charge < -0.3 is 20.0 Å². The molecule has 2 aliphatic heterocycles. The Hall–Kier alpha value is -1.75. The van der Waals surface area contributed by atoms with E-state index >= 15 is 0 Å². The summed E-state index contributed by atoms with van der Waals surface area (Å²) in [6.45, 7) is 3.57. The molecule has 6 nitrogen and oxygen atoms in total. The van der Waals surface area contributed by atoms with E-state index in [-0.39, 0.29) is 0 Å². The van der Waals surface area contributed by atoms with E-state index in [9.17, 15) is 9.90 Å². The third kappa shape index (κ3) is 4.88. The van der Waals surface area contributed by atoms with Crippen molar-refractivity contribution in [2.24, 2.45) is 11.8 Å². The van der Waals surface area contributed by atoms with Crippen LogP contribution in [0.25, 0.3) is 0 Å². The number of aliphatic hydroxyl groups is 1. The highest BCUT2D eigenvalue weighted by Gasteiger charge is 2.36. The SMILES string of the molecule is N#Cc1ccc(SCC(O)CN2CC3CC(C2)CN(C(=O)O)C3)cc1. The minimum absolute atomic E-state index is 0.377. The van der Waals surface area contributed by atoms with Gasteiger partial charge in [-0.1, -0.05) is 0 Å². The van der Waals surface area contributed by atoms with Crippen LogP contribution in [0.15, 0.2) is 29.2 Å². The molecule has 0 spiro atoms. The number of nitriles is 1. The molecule has 25 heavy (non-hydrogen) atoms. The lowest BCUT2D eigenvalue weighted by Gasteiger charge is -2.45. The second-order valence-electron chi connectivity index (χ2n) is 6.97. The van der Waals surface area contributed by atoms with Crippen molar-refractivity contribution in [3.8, 4) is 6.07 Å². The van der Waals surface area contributed by atoms with Crippen LogP contribution in [-0.2, 0) is 0 Å². The van der Waals surface area contributed by atoms with Gasteiger partial charge in [0, 0.05) is 43.4 Å². The van der Waals surface area contributed by atoms with Crippen LogP contribution in [0.3, 0.4) is 0 Å². The minimum Gasteiger partial charge on any atom is -0.465 e. The number of nitrogens with zero attached hydrogens (tertiary/aromatic N) is 3. The number of thioether (sulfide) groups is 1. The van der Waals surface area contributed by atoms with E-state index in [0.717, 1.165) is 24.4 Å². The Morgan fingerprint density at radius 1 is 1.24 bits per heavy atom. The molecule has 3 rings (SSSR count). The first-order valence-corrected chi connectivity index (χ1v) is 9.53. The lowest BCUT2D eigenvalue weighted by molar-refractivity contribution is 0.0166. The number of amides is 1. The van der Waals surface area contributed by atoms with Crippen molar-refractivity contribution < 1.29 is 15.0 Å². The molecule has 2 heterocycles. The Labute approximate surface area is 152 Å². The number of likely N-dealkylation sites (tertiary alicyclic amines) is 2. The first kappa shape index (κ1) is 18.1. The topological polar surface area (TPSA) is 87.8 Å². The summed E-state index contributed by atoms with van der Waals surface area (Å²) in [6.07, 6.45) is -0.145. The van der Waals surface area contributed by atoms with Gasteiger partial charge in [-0.2, -0.15) is 5.26 Å². The number of fused-ring (bicyclic) bond motifs is 2. The third-order valence-corrected chi connectivity index (χ3v) is 5.98. The molecule has 3 atom stereocenters. The molecule has 0 saturated carbocycles. The minimum atomic E-state index is -0.818.